The van der Waals surface area contributed by atoms with Crippen LogP contribution in [0.4, 0.5) is 0 Å². The quantitative estimate of drug-likeness (QED) is 0.791. The number of benzene rings is 1. The van der Waals surface area contributed by atoms with Gasteiger partial charge in [-0.2, -0.15) is 0 Å². The second kappa shape index (κ2) is 4.89. The van der Waals surface area contributed by atoms with Gasteiger partial charge >= 0.3 is 0 Å². The van der Waals surface area contributed by atoms with E-state index in [1.54, 1.807) is 12.1 Å². The first-order valence-corrected chi connectivity index (χ1v) is 5.82. The van der Waals surface area contributed by atoms with Crippen molar-refractivity contribution in [1.29, 1.82) is 0 Å². The van der Waals surface area contributed by atoms with Crippen LogP contribution in [0.25, 0.3) is 0 Å². The van der Waals surface area contributed by atoms with Crippen LogP contribution in [0.1, 0.15) is 25.5 Å². The number of β-amino-alcohol motifs (C(OH)–C–C–N with tert-alkyl or cyclic N) is 1. The Hall–Kier alpha value is -1.70. The van der Waals surface area contributed by atoms with Gasteiger partial charge in [-0.05, 0) is 31.5 Å². The molecule has 1 aromatic carbocycles. The molecule has 1 aliphatic rings. The lowest BCUT2D eigenvalue weighted by molar-refractivity contribution is 0.165. The fraction of sp³-hybridized carbons (Fsp3) is 0.429. The average molecular weight is 247 g/mol. The Labute approximate surface area is 107 Å². The number of rotatable bonds is 4. The molecule has 4 nitrogen and oxygen atoms in total. The van der Waals surface area contributed by atoms with Crippen molar-refractivity contribution < 1.29 is 14.6 Å². The van der Waals surface area contributed by atoms with Crippen LogP contribution in [0.5, 0.6) is 11.5 Å². The molecule has 0 saturated carbocycles. The van der Waals surface area contributed by atoms with Gasteiger partial charge in [-0.1, -0.05) is 12.0 Å². The predicted octanol–water partition coefficient (Wildman–Crippen LogP) is 1.45. The minimum Gasteiger partial charge on any atom is -0.454 e. The van der Waals surface area contributed by atoms with Crippen LogP contribution in [0, 0.1) is 12.3 Å². The minimum absolute atomic E-state index is 0.233. The third-order valence-corrected chi connectivity index (χ3v) is 2.88. The van der Waals surface area contributed by atoms with Crippen LogP contribution >= 0.6 is 0 Å². The molecule has 0 bridgehead atoms. The molecule has 18 heavy (non-hydrogen) atoms. The molecule has 2 rings (SSSR count). The highest BCUT2D eigenvalue weighted by molar-refractivity contribution is 5.45. The Kier molecular flexibility index (Phi) is 3.46. The standard InChI is InChI=1S/C14H17NO3/c1-4-14(2,3)15-8-11(16)10-5-6-12-13(7-10)18-9-17-12/h1,5-7,11,15-16H,8-9H2,2-3H3. The lowest BCUT2D eigenvalue weighted by atomic mass is 10.0. The zero-order chi connectivity index (χ0) is 13.2. The first-order chi connectivity index (χ1) is 8.52. The fourth-order valence-electron chi connectivity index (χ4n) is 1.64. The Morgan fingerprint density at radius 2 is 2.17 bits per heavy atom. The van der Waals surface area contributed by atoms with Crippen molar-refractivity contribution in [2.45, 2.75) is 25.5 Å². The Morgan fingerprint density at radius 1 is 1.44 bits per heavy atom. The Balaban J connectivity index is 2.02. The van der Waals surface area contributed by atoms with Gasteiger partial charge in [0.15, 0.2) is 11.5 Å². The molecule has 0 saturated heterocycles. The summed E-state index contributed by atoms with van der Waals surface area (Å²) in [6.45, 7) is 4.40. The largest absolute Gasteiger partial charge is 0.454 e. The van der Waals surface area contributed by atoms with Crippen molar-refractivity contribution in [3.8, 4) is 23.8 Å². The number of aliphatic hydroxyl groups excluding tert-OH is 1. The van der Waals surface area contributed by atoms with E-state index in [1.165, 1.54) is 0 Å². The first-order valence-electron chi connectivity index (χ1n) is 5.82. The van der Waals surface area contributed by atoms with Gasteiger partial charge in [0.1, 0.15) is 0 Å². The summed E-state index contributed by atoms with van der Waals surface area (Å²) >= 11 is 0. The topological polar surface area (TPSA) is 50.7 Å². The predicted molar refractivity (Wildman–Crippen MR) is 68.4 cm³/mol. The van der Waals surface area contributed by atoms with E-state index in [4.69, 9.17) is 15.9 Å². The van der Waals surface area contributed by atoms with E-state index >= 15 is 0 Å². The summed E-state index contributed by atoms with van der Waals surface area (Å²) in [5.74, 6) is 4.00. The molecule has 1 aliphatic heterocycles. The van der Waals surface area contributed by atoms with Crippen molar-refractivity contribution in [3.05, 3.63) is 23.8 Å². The van der Waals surface area contributed by atoms with E-state index in [2.05, 4.69) is 11.2 Å². The number of ether oxygens (including phenoxy) is 2. The summed E-state index contributed by atoms with van der Waals surface area (Å²) in [5.41, 5.74) is 0.344. The van der Waals surface area contributed by atoms with Gasteiger partial charge in [0, 0.05) is 6.54 Å². The highest BCUT2D eigenvalue weighted by atomic mass is 16.7. The van der Waals surface area contributed by atoms with Gasteiger partial charge in [-0.25, -0.2) is 0 Å². The molecule has 1 atom stereocenters. The maximum absolute atomic E-state index is 10.1. The molecular formula is C14H17NO3. The van der Waals surface area contributed by atoms with Crippen LogP contribution in [0.3, 0.4) is 0 Å². The van der Waals surface area contributed by atoms with Gasteiger partial charge in [-0.15, -0.1) is 6.42 Å². The molecule has 0 aromatic heterocycles. The van der Waals surface area contributed by atoms with Crippen LogP contribution in [-0.4, -0.2) is 24.0 Å². The molecule has 0 amide bonds. The van der Waals surface area contributed by atoms with Crippen LogP contribution in [0.2, 0.25) is 0 Å². The van der Waals surface area contributed by atoms with Crippen molar-refractivity contribution in [3.63, 3.8) is 0 Å². The van der Waals surface area contributed by atoms with Crippen molar-refractivity contribution in [2.24, 2.45) is 0 Å². The molecule has 1 heterocycles. The van der Waals surface area contributed by atoms with E-state index in [0.717, 1.165) is 5.56 Å². The normalized spacial score (nSPS) is 15.2. The third-order valence-electron chi connectivity index (χ3n) is 2.88. The molecule has 2 N–H and O–H groups in total. The number of hydrogen-bond acceptors (Lipinski definition) is 4. The molecular weight excluding hydrogens is 230 g/mol. The van der Waals surface area contributed by atoms with Gasteiger partial charge < -0.3 is 14.6 Å². The molecule has 0 spiro atoms. The van der Waals surface area contributed by atoms with Crippen LogP contribution < -0.4 is 14.8 Å². The molecule has 4 heteroatoms. The van der Waals surface area contributed by atoms with Crippen LogP contribution in [-0.2, 0) is 0 Å². The lowest BCUT2D eigenvalue weighted by Crippen LogP contribution is -2.40. The van der Waals surface area contributed by atoms with Crippen molar-refractivity contribution in [2.75, 3.05) is 13.3 Å². The fourth-order valence-corrected chi connectivity index (χ4v) is 1.64. The van der Waals surface area contributed by atoms with Gasteiger partial charge in [0.25, 0.3) is 0 Å². The van der Waals surface area contributed by atoms with Crippen molar-refractivity contribution in [1.82, 2.24) is 5.32 Å². The number of aliphatic hydroxyl groups is 1. The summed E-state index contributed by atoms with van der Waals surface area (Å²) in [6.07, 6.45) is 4.74. The number of nitrogens with one attached hydrogen (secondary N) is 1. The molecule has 0 aliphatic carbocycles. The Morgan fingerprint density at radius 3 is 2.89 bits per heavy atom. The summed E-state index contributed by atoms with van der Waals surface area (Å²) in [5, 5.41) is 13.2. The third kappa shape index (κ3) is 2.76. The SMILES string of the molecule is C#CC(C)(C)NCC(O)c1ccc2c(c1)OCO2. The first kappa shape index (κ1) is 12.7. The van der Waals surface area contributed by atoms with Crippen molar-refractivity contribution >= 4 is 0 Å². The summed E-state index contributed by atoms with van der Waals surface area (Å²) in [4.78, 5) is 0. The molecule has 1 aromatic rings. The monoisotopic (exact) mass is 247 g/mol. The maximum Gasteiger partial charge on any atom is 0.231 e. The van der Waals surface area contributed by atoms with E-state index in [1.807, 2.05) is 19.9 Å². The zero-order valence-electron chi connectivity index (χ0n) is 10.6. The maximum atomic E-state index is 10.1. The lowest BCUT2D eigenvalue weighted by Gasteiger charge is -2.22. The Bertz CT molecular complexity index is 476. The van der Waals surface area contributed by atoms with Gasteiger partial charge in [0.05, 0.1) is 11.6 Å². The smallest absolute Gasteiger partial charge is 0.231 e. The summed E-state index contributed by atoms with van der Waals surface area (Å²) in [7, 11) is 0. The minimum atomic E-state index is -0.632. The molecule has 96 valence electrons. The second-order valence-corrected chi connectivity index (χ2v) is 4.78. The average Bonchev–Trinajstić information content (AvgIpc) is 2.83. The summed E-state index contributed by atoms with van der Waals surface area (Å²) < 4.78 is 10.5. The van der Waals surface area contributed by atoms with E-state index < -0.39 is 11.6 Å². The highest BCUT2D eigenvalue weighted by Crippen LogP contribution is 2.34. The number of terminal acetylenes is 1. The van der Waals surface area contributed by atoms with Crippen LogP contribution in [0.15, 0.2) is 18.2 Å². The van der Waals surface area contributed by atoms with Gasteiger partial charge in [-0.3, -0.25) is 5.32 Å². The van der Waals surface area contributed by atoms with E-state index in [9.17, 15) is 5.11 Å². The zero-order valence-corrected chi connectivity index (χ0v) is 10.6. The molecule has 0 fully saturated rings. The van der Waals surface area contributed by atoms with E-state index in [0.29, 0.717) is 18.0 Å². The second-order valence-electron chi connectivity index (χ2n) is 4.78. The molecule has 0 radical (unpaired) electrons. The highest BCUT2D eigenvalue weighted by Gasteiger charge is 2.19. The van der Waals surface area contributed by atoms with Gasteiger partial charge in [0.2, 0.25) is 6.79 Å². The number of hydrogen-bond donors (Lipinski definition) is 2. The van der Waals surface area contributed by atoms with E-state index in [-0.39, 0.29) is 6.79 Å². The summed E-state index contributed by atoms with van der Waals surface area (Å²) in [6, 6.07) is 5.41. The molecule has 1 unspecified atom stereocenters. The number of fused-ring (bicyclic) bond motifs is 1.